The van der Waals surface area contributed by atoms with Crippen LogP contribution in [0.15, 0.2) is 66.9 Å². The molecule has 6 nitrogen and oxygen atoms in total. The average molecular weight is 417 g/mol. The van der Waals surface area contributed by atoms with Crippen LogP contribution in [0.1, 0.15) is 31.4 Å². The van der Waals surface area contributed by atoms with Gasteiger partial charge >= 0.3 is 0 Å². The van der Waals surface area contributed by atoms with Crippen molar-refractivity contribution in [1.82, 2.24) is 15.2 Å². The highest BCUT2D eigenvalue weighted by Gasteiger charge is 2.26. The highest BCUT2D eigenvalue weighted by atomic mass is 16.2. The predicted octanol–water partition coefficient (Wildman–Crippen LogP) is 3.76. The summed E-state index contributed by atoms with van der Waals surface area (Å²) in [6.07, 6.45) is 3.15. The molecule has 2 N–H and O–H groups in total. The molecular weight excluding hydrogens is 388 g/mol. The summed E-state index contributed by atoms with van der Waals surface area (Å²) >= 11 is 0. The lowest BCUT2D eigenvalue weighted by molar-refractivity contribution is -0.124. The Labute approximate surface area is 182 Å². The van der Waals surface area contributed by atoms with Crippen molar-refractivity contribution in [1.29, 1.82) is 0 Å². The highest BCUT2D eigenvalue weighted by Crippen LogP contribution is 2.21. The van der Waals surface area contributed by atoms with E-state index in [0.29, 0.717) is 12.4 Å². The number of hydrogen-bond donors (Lipinski definition) is 2. The van der Waals surface area contributed by atoms with Crippen LogP contribution in [0.2, 0.25) is 0 Å². The summed E-state index contributed by atoms with van der Waals surface area (Å²) < 4.78 is 0. The Bertz CT molecular complexity index is 1050. The topological polar surface area (TPSA) is 74.3 Å². The van der Waals surface area contributed by atoms with E-state index in [0.717, 1.165) is 31.5 Å². The van der Waals surface area contributed by atoms with Crippen molar-refractivity contribution in [3.05, 3.63) is 72.4 Å². The van der Waals surface area contributed by atoms with Gasteiger partial charge < -0.3 is 10.6 Å². The van der Waals surface area contributed by atoms with Gasteiger partial charge in [-0.1, -0.05) is 42.5 Å². The number of amides is 2. The third-order valence-corrected chi connectivity index (χ3v) is 5.89. The van der Waals surface area contributed by atoms with Crippen molar-refractivity contribution in [3.63, 3.8) is 0 Å². The molecule has 1 fully saturated rings. The predicted molar refractivity (Wildman–Crippen MR) is 123 cm³/mol. The zero-order valence-electron chi connectivity index (χ0n) is 17.8. The number of nitrogens with one attached hydrogen (secondary N) is 2. The molecule has 0 spiro atoms. The van der Waals surface area contributed by atoms with Gasteiger partial charge in [-0.25, -0.2) is 4.98 Å². The van der Waals surface area contributed by atoms with E-state index in [1.165, 1.54) is 10.8 Å². The molecule has 0 saturated carbocycles. The fraction of sp³-hybridized carbons (Fsp3) is 0.320. The number of hydrogen-bond acceptors (Lipinski definition) is 4. The van der Waals surface area contributed by atoms with Gasteiger partial charge in [-0.05, 0) is 67.4 Å². The molecular formula is C25H28N4O2. The van der Waals surface area contributed by atoms with Crippen molar-refractivity contribution in [2.45, 2.75) is 25.8 Å². The molecule has 1 aliphatic heterocycles. The van der Waals surface area contributed by atoms with Crippen molar-refractivity contribution >= 4 is 28.4 Å². The Kier molecular flexibility index (Phi) is 6.57. The number of anilines is 1. The van der Waals surface area contributed by atoms with Crippen LogP contribution in [-0.4, -0.2) is 41.3 Å². The highest BCUT2D eigenvalue weighted by molar-refractivity contribution is 5.91. The van der Waals surface area contributed by atoms with Crippen molar-refractivity contribution in [3.8, 4) is 0 Å². The Morgan fingerprint density at radius 2 is 1.77 bits per heavy atom. The van der Waals surface area contributed by atoms with Gasteiger partial charge in [-0.15, -0.1) is 0 Å². The Morgan fingerprint density at radius 1 is 1.03 bits per heavy atom. The molecule has 0 radical (unpaired) electrons. The van der Waals surface area contributed by atoms with Crippen LogP contribution in [0.4, 0.5) is 5.82 Å². The smallest absolute Gasteiger partial charge is 0.234 e. The molecule has 3 aromatic rings. The van der Waals surface area contributed by atoms with Gasteiger partial charge in [-0.3, -0.25) is 14.5 Å². The van der Waals surface area contributed by atoms with E-state index in [9.17, 15) is 9.59 Å². The first kappa shape index (κ1) is 21.0. The fourth-order valence-corrected chi connectivity index (χ4v) is 4.07. The lowest BCUT2D eigenvalue weighted by Gasteiger charge is -2.31. The number of nitrogens with zero attached hydrogens (tertiary/aromatic N) is 2. The number of carbonyl (C=O) groups is 2. The number of likely N-dealkylation sites (tertiary alicyclic amines) is 1. The van der Waals surface area contributed by atoms with E-state index in [4.69, 9.17) is 0 Å². The summed E-state index contributed by atoms with van der Waals surface area (Å²) in [6, 6.07) is 19.9. The van der Waals surface area contributed by atoms with Crippen LogP contribution in [0.3, 0.4) is 0 Å². The van der Waals surface area contributed by atoms with Crippen LogP contribution in [-0.2, 0) is 9.59 Å². The maximum atomic E-state index is 12.6. The van der Waals surface area contributed by atoms with E-state index in [2.05, 4.69) is 50.8 Å². The van der Waals surface area contributed by atoms with Gasteiger partial charge in [0.1, 0.15) is 5.82 Å². The van der Waals surface area contributed by atoms with Gasteiger partial charge in [0.25, 0.3) is 0 Å². The summed E-state index contributed by atoms with van der Waals surface area (Å²) in [5, 5.41) is 8.35. The van der Waals surface area contributed by atoms with Gasteiger partial charge in [0.05, 0.1) is 12.6 Å². The van der Waals surface area contributed by atoms with Crippen LogP contribution in [0.5, 0.6) is 0 Å². The van der Waals surface area contributed by atoms with E-state index < -0.39 is 0 Å². The van der Waals surface area contributed by atoms with Crippen LogP contribution in [0, 0.1) is 5.92 Å². The number of benzene rings is 2. The first-order chi connectivity index (χ1) is 15.1. The molecule has 2 amide bonds. The number of rotatable bonds is 6. The summed E-state index contributed by atoms with van der Waals surface area (Å²) in [6.45, 7) is 3.83. The number of fused-ring (bicyclic) bond motifs is 1. The quantitative estimate of drug-likeness (QED) is 0.642. The summed E-state index contributed by atoms with van der Waals surface area (Å²) in [4.78, 5) is 31.3. The van der Waals surface area contributed by atoms with Crippen molar-refractivity contribution in [2.24, 2.45) is 5.92 Å². The standard InChI is InChI=1S/C25H28N4O2/c1-18(21-10-9-19-6-2-3-7-22(19)16-21)27-24(30)17-29-14-11-20(12-15-29)25(31)28-23-8-4-5-13-26-23/h2-10,13,16,18,20H,11-12,14-15,17H2,1H3,(H,27,30)(H,26,28,31). The van der Waals surface area contributed by atoms with Crippen molar-refractivity contribution < 1.29 is 9.59 Å². The monoisotopic (exact) mass is 416 g/mol. The first-order valence-corrected chi connectivity index (χ1v) is 10.8. The van der Waals surface area contributed by atoms with E-state index in [1.807, 2.05) is 31.2 Å². The summed E-state index contributed by atoms with van der Waals surface area (Å²) in [7, 11) is 0. The SMILES string of the molecule is CC(NC(=O)CN1CCC(C(=O)Nc2ccccn2)CC1)c1ccc2ccccc2c1. The summed E-state index contributed by atoms with van der Waals surface area (Å²) in [5.41, 5.74) is 1.09. The second kappa shape index (κ2) is 9.71. The zero-order chi connectivity index (χ0) is 21.6. The molecule has 1 aromatic heterocycles. The third-order valence-electron chi connectivity index (χ3n) is 5.89. The van der Waals surface area contributed by atoms with Gasteiger partial charge in [0.2, 0.25) is 11.8 Å². The zero-order valence-corrected chi connectivity index (χ0v) is 17.8. The van der Waals surface area contributed by atoms with Crippen LogP contribution < -0.4 is 10.6 Å². The Balaban J connectivity index is 1.24. The maximum Gasteiger partial charge on any atom is 0.234 e. The second-order valence-electron chi connectivity index (χ2n) is 8.15. The summed E-state index contributed by atoms with van der Waals surface area (Å²) in [5.74, 6) is 0.555. The number of pyridine rings is 1. The fourth-order valence-electron chi connectivity index (χ4n) is 4.07. The molecule has 1 unspecified atom stereocenters. The second-order valence-corrected chi connectivity index (χ2v) is 8.15. The maximum absolute atomic E-state index is 12.6. The van der Waals surface area contributed by atoms with Gasteiger partial charge in [-0.2, -0.15) is 0 Å². The lowest BCUT2D eigenvalue weighted by Crippen LogP contribution is -2.43. The minimum absolute atomic E-state index is 0.00716. The molecule has 4 rings (SSSR count). The molecule has 2 heterocycles. The molecule has 31 heavy (non-hydrogen) atoms. The number of aromatic nitrogens is 1. The number of carbonyl (C=O) groups excluding carboxylic acids is 2. The molecule has 1 saturated heterocycles. The molecule has 1 atom stereocenters. The molecule has 2 aromatic carbocycles. The molecule has 6 heteroatoms. The molecule has 1 aliphatic rings. The molecule has 0 bridgehead atoms. The third kappa shape index (κ3) is 5.47. The molecule has 0 aliphatic carbocycles. The average Bonchev–Trinajstić information content (AvgIpc) is 2.79. The lowest BCUT2D eigenvalue weighted by atomic mass is 9.96. The van der Waals surface area contributed by atoms with Gasteiger partial charge in [0, 0.05) is 12.1 Å². The van der Waals surface area contributed by atoms with Crippen molar-refractivity contribution in [2.75, 3.05) is 25.0 Å². The van der Waals surface area contributed by atoms with Crippen LogP contribution >= 0.6 is 0 Å². The Morgan fingerprint density at radius 3 is 2.52 bits per heavy atom. The van der Waals surface area contributed by atoms with E-state index in [-0.39, 0.29) is 23.8 Å². The largest absolute Gasteiger partial charge is 0.348 e. The minimum atomic E-state index is -0.0567. The first-order valence-electron chi connectivity index (χ1n) is 10.8. The number of piperidine rings is 1. The Hall–Kier alpha value is -3.25. The minimum Gasteiger partial charge on any atom is -0.348 e. The van der Waals surface area contributed by atoms with E-state index in [1.54, 1.807) is 12.3 Å². The normalized spacial score (nSPS) is 16.0. The molecule has 160 valence electrons. The van der Waals surface area contributed by atoms with Crippen LogP contribution in [0.25, 0.3) is 10.8 Å². The van der Waals surface area contributed by atoms with E-state index >= 15 is 0 Å². The van der Waals surface area contributed by atoms with Gasteiger partial charge in [0.15, 0.2) is 0 Å².